The molecule has 0 aliphatic rings. The second-order valence-electron chi connectivity index (χ2n) is 5.67. The first-order chi connectivity index (χ1) is 12.9. The fraction of sp³-hybridized carbons (Fsp3) is 0.100. The van der Waals surface area contributed by atoms with E-state index in [2.05, 4.69) is 37.2 Å². The molecule has 0 unspecified atom stereocenters. The first kappa shape index (κ1) is 19.8. The van der Waals surface area contributed by atoms with Gasteiger partial charge >= 0.3 is 5.97 Å². The maximum Gasteiger partial charge on any atom is 0.341 e. The van der Waals surface area contributed by atoms with Crippen LogP contribution in [0.15, 0.2) is 57.5 Å². The molecule has 3 rings (SSSR count). The van der Waals surface area contributed by atoms with Gasteiger partial charge in [0.2, 0.25) is 0 Å². The Morgan fingerprint density at radius 1 is 1.04 bits per heavy atom. The molecular weight excluding hydrogens is 494 g/mol. The molecule has 2 aromatic carbocycles. The number of methoxy groups -OCH3 is 1. The predicted octanol–water partition coefficient (Wildman–Crippen LogP) is 6.29. The summed E-state index contributed by atoms with van der Waals surface area (Å²) in [6.07, 6.45) is 0. The van der Waals surface area contributed by atoms with Gasteiger partial charge in [-0.15, -0.1) is 11.3 Å². The molecule has 27 heavy (non-hydrogen) atoms. The average Bonchev–Trinajstić information content (AvgIpc) is 2.97. The second kappa shape index (κ2) is 8.37. The summed E-state index contributed by atoms with van der Waals surface area (Å²) in [5.41, 5.74) is 2.50. The fourth-order valence-corrected chi connectivity index (χ4v) is 4.50. The topological polar surface area (TPSA) is 55.4 Å². The van der Waals surface area contributed by atoms with Gasteiger partial charge in [-0.3, -0.25) is 4.79 Å². The van der Waals surface area contributed by atoms with Crippen molar-refractivity contribution in [3.63, 3.8) is 0 Å². The quantitative estimate of drug-likeness (QED) is 0.421. The van der Waals surface area contributed by atoms with Crippen LogP contribution in [0.3, 0.4) is 0 Å². The lowest BCUT2D eigenvalue weighted by Gasteiger charge is -2.09. The number of anilines is 1. The highest BCUT2D eigenvalue weighted by Gasteiger charge is 2.25. The number of halogens is 2. The lowest BCUT2D eigenvalue weighted by molar-refractivity contribution is 0.0603. The van der Waals surface area contributed by atoms with E-state index >= 15 is 0 Å². The largest absolute Gasteiger partial charge is 0.465 e. The van der Waals surface area contributed by atoms with Crippen molar-refractivity contribution in [3.05, 3.63) is 73.5 Å². The van der Waals surface area contributed by atoms with Gasteiger partial charge in [-0.2, -0.15) is 0 Å². The maximum absolute atomic E-state index is 12.7. The summed E-state index contributed by atoms with van der Waals surface area (Å²) in [4.78, 5) is 26.1. The van der Waals surface area contributed by atoms with Gasteiger partial charge in [-0.05, 0) is 52.7 Å². The Morgan fingerprint density at radius 2 is 1.70 bits per heavy atom. The van der Waals surface area contributed by atoms with Crippen LogP contribution in [-0.4, -0.2) is 19.0 Å². The molecule has 0 aliphatic carbocycles. The minimum atomic E-state index is -0.486. The van der Waals surface area contributed by atoms with Gasteiger partial charge in [-0.1, -0.05) is 40.2 Å². The van der Waals surface area contributed by atoms with Gasteiger partial charge in [0, 0.05) is 19.4 Å². The SMILES string of the molecule is COC(=O)c1c(NC(=O)c2ccccc2Br)sc(C)c1-c1ccc(Br)cc1. The first-order valence-corrected chi connectivity index (χ1v) is 10.4. The van der Waals surface area contributed by atoms with Gasteiger partial charge in [0.25, 0.3) is 5.91 Å². The number of nitrogens with one attached hydrogen (secondary N) is 1. The van der Waals surface area contributed by atoms with Crippen molar-refractivity contribution < 1.29 is 14.3 Å². The molecule has 0 aliphatic heterocycles. The fourth-order valence-electron chi connectivity index (χ4n) is 2.71. The van der Waals surface area contributed by atoms with Crippen LogP contribution in [-0.2, 0) is 4.74 Å². The van der Waals surface area contributed by atoms with E-state index in [1.165, 1.54) is 18.4 Å². The number of carbonyl (C=O) groups is 2. The van der Waals surface area contributed by atoms with Crippen molar-refractivity contribution in [3.8, 4) is 11.1 Å². The predicted molar refractivity (Wildman–Crippen MR) is 116 cm³/mol. The second-order valence-corrected chi connectivity index (χ2v) is 8.66. The van der Waals surface area contributed by atoms with Gasteiger partial charge in [0.1, 0.15) is 10.6 Å². The van der Waals surface area contributed by atoms with E-state index in [4.69, 9.17) is 4.74 Å². The van der Waals surface area contributed by atoms with E-state index in [-0.39, 0.29) is 5.91 Å². The van der Waals surface area contributed by atoms with Crippen molar-refractivity contribution in [2.75, 3.05) is 12.4 Å². The molecule has 0 atom stereocenters. The molecule has 0 spiro atoms. The van der Waals surface area contributed by atoms with Crippen molar-refractivity contribution in [2.45, 2.75) is 6.92 Å². The zero-order valence-electron chi connectivity index (χ0n) is 14.5. The van der Waals surface area contributed by atoms with E-state index in [0.717, 1.165) is 20.5 Å². The number of amides is 1. The Morgan fingerprint density at radius 3 is 2.33 bits per heavy atom. The van der Waals surface area contributed by atoms with Crippen LogP contribution in [0.25, 0.3) is 11.1 Å². The zero-order chi connectivity index (χ0) is 19.6. The van der Waals surface area contributed by atoms with Crippen molar-refractivity contribution >= 4 is 60.1 Å². The molecule has 1 aromatic heterocycles. The Kier molecular flexibility index (Phi) is 6.14. The van der Waals surface area contributed by atoms with Crippen LogP contribution in [0.5, 0.6) is 0 Å². The van der Waals surface area contributed by atoms with E-state index in [9.17, 15) is 9.59 Å². The van der Waals surface area contributed by atoms with Crippen LogP contribution < -0.4 is 5.32 Å². The number of ether oxygens (including phenoxy) is 1. The molecule has 1 N–H and O–H groups in total. The first-order valence-electron chi connectivity index (χ1n) is 7.96. The molecule has 0 fully saturated rings. The van der Waals surface area contributed by atoms with Crippen LogP contribution >= 0.6 is 43.2 Å². The van der Waals surface area contributed by atoms with Crippen molar-refractivity contribution in [1.29, 1.82) is 0 Å². The standard InChI is InChI=1S/C20H15Br2NO3S/c1-11-16(12-7-9-13(21)10-8-12)17(20(25)26-2)19(27-11)23-18(24)14-5-3-4-6-15(14)22/h3-10H,1-2H3,(H,23,24). The normalized spacial score (nSPS) is 10.5. The van der Waals surface area contributed by atoms with Gasteiger partial charge < -0.3 is 10.1 Å². The van der Waals surface area contributed by atoms with E-state index < -0.39 is 5.97 Å². The zero-order valence-corrected chi connectivity index (χ0v) is 18.5. The number of carbonyl (C=O) groups excluding carboxylic acids is 2. The number of benzene rings is 2. The summed E-state index contributed by atoms with van der Waals surface area (Å²) in [6, 6.07) is 14.8. The lowest BCUT2D eigenvalue weighted by Crippen LogP contribution is -2.14. The summed E-state index contributed by atoms with van der Waals surface area (Å²) in [5, 5.41) is 3.34. The Bertz CT molecular complexity index is 1010. The van der Waals surface area contributed by atoms with E-state index in [0.29, 0.717) is 20.6 Å². The van der Waals surface area contributed by atoms with Gasteiger partial charge in [0.05, 0.1) is 12.7 Å². The van der Waals surface area contributed by atoms with Gasteiger partial charge in [-0.25, -0.2) is 4.79 Å². The molecule has 1 amide bonds. The Labute approximate surface area is 177 Å². The molecule has 1 heterocycles. The smallest absolute Gasteiger partial charge is 0.341 e. The van der Waals surface area contributed by atoms with Crippen LogP contribution in [0.2, 0.25) is 0 Å². The summed E-state index contributed by atoms with van der Waals surface area (Å²) >= 11 is 8.15. The summed E-state index contributed by atoms with van der Waals surface area (Å²) < 4.78 is 6.61. The number of aryl methyl sites for hydroxylation is 1. The number of esters is 1. The van der Waals surface area contributed by atoms with Crippen molar-refractivity contribution in [1.82, 2.24) is 0 Å². The molecule has 0 radical (unpaired) electrons. The number of thiophene rings is 1. The number of hydrogen-bond donors (Lipinski definition) is 1. The maximum atomic E-state index is 12.7. The van der Waals surface area contributed by atoms with E-state index in [1.807, 2.05) is 37.3 Å². The molecule has 7 heteroatoms. The van der Waals surface area contributed by atoms with Crippen LogP contribution in [0.4, 0.5) is 5.00 Å². The monoisotopic (exact) mass is 507 g/mol. The van der Waals surface area contributed by atoms with Crippen LogP contribution in [0, 0.1) is 6.92 Å². The van der Waals surface area contributed by atoms with Crippen LogP contribution in [0.1, 0.15) is 25.6 Å². The van der Waals surface area contributed by atoms with Gasteiger partial charge in [0.15, 0.2) is 0 Å². The third kappa shape index (κ3) is 4.15. The summed E-state index contributed by atoms with van der Waals surface area (Å²) in [7, 11) is 1.33. The molecule has 3 aromatic rings. The molecule has 0 saturated carbocycles. The minimum absolute atomic E-state index is 0.295. The Balaban J connectivity index is 2.07. The lowest BCUT2D eigenvalue weighted by atomic mass is 10.0. The molecule has 4 nitrogen and oxygen atoms in total. The molecule has 0 bridgehead atoms. The third-order valence-corrected chi connectivity index (χ3v) is 6.19. The number of rotatable bonds is 4. The van der Waals surface area contributed by atoms with Crippen molar-refractivity contribution in [2.24, 2.45) is 0 Å². The number of hydrogen-bond acceptors (Lipinski definition) is 4. The minimum Gasteiger partial charge on any atom is -0.465 e. The molecule has 138 valence electrons. The highest BCUT2D eigenvalue weighted by atomic mass is 79.9. The molecular formula is C20H15Br2NO3S. The van der Waals surface area contributed by atoms with E-state index in [1.54, 1.807) is 18.2 Å². The highest BCUT2D eigenvalue weighted by molar-refractivity contribution is 9.10. The highest BCUT2D eigenvalue weighted by Crippen LogP contribution is 2.41. The average molecular weight is 509 g/mol. The summed E-state index contributed by atoms with van der Waals surface area (Å²) in [5.74, 6) is -0.782. The molecule has 0 saturated heterocycles. The summed E-state index contributed by atoms with van der Waals surface area (Å²) in [6.45, 7) is 1.92. The Hall–Kier alpha value is -1.96. The third-order valence-electron chi connectivity index (χ3n) is 3.95.